The molecule has 0 aromatic carbocycles. The normalized spacial score (nSPS) is 53.6. The third kappa shape index (κ3) is 2.52. The highest BCUT2D eigenvalue weighted by molar-refractivity contribution is 5.87. The van der Waals surface area contributed by atoms with E-state index in [9.17, 15) is 20.1 Å². The zero-order valence-electron chi connectivity index (χ0n) is 13.3. The van der Waals surface area contributed by atoms with E-state index >= 15 is 0 Å². The van der Waals surface area contributed by atoms with Crippen LogP contribution in [-0.2, 0) is 19.0 Å². The van der Waals surface area contributed by atoms with E-state index in [4.69, 9.17) is 14.2 Å². The van der Waals surface area contributed by atoms with Crippen molar-refractivity contribution < 1.29 is 34.3 Å². The van der Waals surface area contributed by atoms with Crippen molar-refractivity contribution in [3.8, 4) is 0 Å². The van der Waals surface area contributed by atoms with Gasteiger partial charge in [0, 0.05) is 6.42 Å². The molecule has 0 bridgehead atoms. The van der Waals surface area contributed by atoms with Gasteiger partial charge in [-0.05, 0) is 21.0 Å². The van der Waals surface area contributed by atoms with E-state index in [1.54, 1.807) is 21.0 Å². The Kier molecular flexibility index (Phi) is 4.49. The van der Waals surface area contributed by atoms with Gasteiger partial charge in [0.05, 0.1) is 24.3 Å². The molecule has 5 N–H and O–H groups in total. The molecule has 23 heavy (non-hydrogen) atoms. The lowest BCUT2D eigenvalue weighted by molar-refractivity contribution is -0.420. The molecule has 132 valence electrons. The van der Waals surface area contributed by atoms with Crippen LogP contribution in [0.4, 0.5) is 0 Å². The molecule has 1 saturated carbocycles. The quantitative estimate of drug-likeness (QED) is 0.361. The first-order valence-corrected chi connectivity index (χ1v) is 7.78. The molecule has 1 aliphatic carbocycles. The molecule has 0 aromatic rings. The number of ether oxygens (including phenoxy) is 3. The van der Waals surface area contributed by atoms with Gasteiger partial charge in [-0.3, -0.25) is 4.79 Å². The number of carbonyl (C=O) groups excluding carboxylic acids is 1. The predicted molar refractivity (Wildman–Crippen MR) is 76.4 cm³/mol. The summed E-state index contributed by atoms with van der Waals surface area (Å²) in [6.45, 7) is 1.70. The van der Waals surface area contributed by atoms with Gasteiger partial charge < -0.3 is 40.2 Å². The summed E-state index contributed by atoms with van der Waals surface area (Å²) >= 11 is 0. The zero-order valence-corrected chi connectivity index (χ0v) is 13.3. The van der Waals surface area contributed by atoms with Crippen molar-refractivity contribution in [1.82, 2.24) is 10.6 Å². The zero-order chi connectivity index (χ0) is 16.9. The molecule has 2 aliphatic heterocycles. The number of fused-ring (bicyclic) bond motifs is 2. The molecule has 4 unspecified atom stereocenters. The molecule has 0 amide bonds. The van der Waals surface area contributed by atoms with Crippen LogP contribution in [0, 0.1) is 0 Å². The third-order valence-corrected chi connectivity index (χ3v) is 4.93. The van der Waals surface area contributed by atoms with Crippen LogP contribution in [0.2, 0.25) is 0 Å². The first kappa shape index (κ1) is 17.2. The molecular formula is C14H24N2O7. The van der Waals surface area contributed by atoms with Crippen LogP contribution in [0.1, 0.15) is 13.3 Å². The second-order valence-corrected chi connectivity index (χ2v) is 6.40. The van der Waals surface area contributed by atoms with Gasteiger partial charge in [0.15, 0.2) is 5.78 Å². The van der Waals surface area contributed by atoms with Gasteiger partial charge in [0.25, 0.3) is 5.79 Å². The minimum absolute atomic E-state index is 0.00220. The number of nitrogens with one attached hydrogen (secondary N) is 2. The largest absolute Gasteiger partial charge is 0.390 e. The van der Waals surface area contributed by atoms with E-state index < -0.39 is 60.5 Å². The Bertz CT molecular complexity index is 478. The molecule has 3 aliphatic rings. The Labute approximate surface area is 133 Å². The SMILES string of the molecule is CN[C@@H]1C2O[C@@]3(O)C(=O)C[C@@H](C)OC3OC2[C@@H](O)[C@H](NC)C1O. The van der Waals surface area contributed by atoms with Crippen molar-refractivity contribution in [2.75, 3.05) is 14.1 Å². The lowest BCUT2D eigenvalue weighted by Gasteiger charge is -2.55. The van der Waals surface area contributed by atoms with Gasteiger partial charge >= 0.3 is 0 Å². The summed E-state index contributed by atoms with van der Waals surface area (Å²) in [4.78, 5) is 12.2. The summed E-state index contributed by atoms with van der Waals surface area (Å²) in [6, 6.07) is -1.29. The van der Waals surface area contributed by atoms with E-state index in [2.05, 4.69) is 10.6 Å². The highest BCUT2D eigenvalue weighted by Crippen LogP contribution is 2.40. The fourth-order valence-electron chi connectivity index (χ4n) is 3.68. The monoisotopic (exact) mass is 332 g/mol. The molecule has 2 heterocycles. The molecular weight excluding hydrogens is 308 g/mol. The average molecular weight is 332 g/mol. The van der Waals surface area contributed by atoms with Gasteiger partial charge in [-0.1, -0.05) is 0 Å². The number of rotatable bonds is 2. The summed E-state index contributed by atoms with van der Waals surface area (Å²) in [5, 5.41) is 37.2. The molecule has 0 aromatic heterocycles. The van der Waals surface area contributed by atoms with Gasteiger partial charge in [-0.15, -0.1) is 0 Å². The maximum Gasteiger partial charge on any atom is 0.280 e. The number of carbonyl (C=O) groups is 1. The maximum atomic E-state index is 12.2. The molecule has 0 spiro atoms. The van der Waals surface area contributed by atoms with Crippen molar-refractivity contribution in [2.24, 2.45) is 0 Å². The van der Waals surface area contributed by atoms with Crippen LogP contribution < -0.4 is 10.6 Å². The first-order valence-electron chi connectivity index (χ1n) is 7.78. The van der Waals surface area contributed by atoms with Crippen LogP contribution in [-0.4, -0.2) is 89.9 Å². The van der Waals surface area contributed by atoms with Crippen LogP contribution in [0.15, 0.2) is 0 Å². The molecule has 3 fully saturated rings. The van der Waals surface area contributed by atoms with E-state index in [1.807, 2.05) is 0 Å². The molecule has 3 rings (SSSR count). The fourth-order valence-corrected chi connectivity index (χ4v) is 3.68. The Morgan fingerprint density at radius 1 is 1.09 bits per heavy atom. The predicted octanol–water partition coefficient (Wildman–Crippen LogP) is -2.93. The van der Waals surface area contributed by atoms with E-state index in [-0.39, 0.29) is 6.42 Å². The molecule has 9 nitrogen and oxygen atoms in total. The Morgan fingerprint density at radius 2 is 1.74 bits per heavy atom. The van der Waals surface area contributed by atoms with Gasteiger partial charge in [-0.25, -0.2) is 0 Å². The summed E-state index contributed by atoms with van der Waals surface area (Å²) in [6.07, 6.45) is -5.58. The third-order valence-electron chi connectivity index (χ3n) is 4.93. The van der Waals surface area contributed by atoms with Gasteiger partial charge in [0.2, 0.25) is 6.29 Å². The summed E-state index contributed by atoms with van der Waals surface area (Å²) in [5.74, 6) is -2.76. The molecule has 2 saturated heterocycles. The average Bonchev–Trinajstić information content (AvgIpc) is 2.49. The minimum Gasteiger partial charge on any atom is -0.390 e. The maximum absolute atomic E-state index is 12.2. The fraction of sp³-hybridized carbons (Fsp3) is 0.929. The topological polar surface area (TPSA) is 130 Å². The highest BCUT2D eigenvalue weighted by atomic mass is 16.8. The number of hydrogen-bond donors (Lipinski definition) is 5. The van der Waals surface area contributed by atoms with E-state index in [0.29, 0.717) is 0 Å². The molecule has 9 heteroatoms. The Balaban J connectivity index is 1.92. The standard InChI is InChI=1S/C14H24N2O7/c1-5-4-6(17)14(20)13(21-5)22-12-10(19)7(15-2)9(18)8(16-3)11(12)23-14/h5,7-13,15-16,18-20H,4H2,1-3H3/t5-,7-,8+,9?,10+,11?,12?,13?,14+/m1/s1. The lowest BCUT2D eigenvalue weighted by atomic mass is 9.80. The minimum atomic E-state index is -2.23. The van der Waals surface area contributed by atoms with Crippen molar-refractivity contribution >= 4 is 5.78 Å². The Morgan fingerprint density at radius 3 is 2.35 bits per heavy atom. The van der Waals surface area contributed by atoms with E-state index in [0.717, 1.165) is 0 Å². The number of aliphatic hydroxyl groups is 3. The second kappa shape index (κ2) is 6.01. The van der Waals surface area contributed by atoms with Crippen LogP contribution in [0.5, 0.6) is 0 Å². The summed E-state index contributed by atoms with van der Waals surface area (Å²) < 4.78 is 16.8. The number of likely N-dealkylation sites (N-methyl/N-ethyl adjacent to an activating group) is 2. The Hall–Kier alpha value is -0.650. The highest BCUT2D eigenvalue weighted by Gasteiger charge is 2.63. The van der Waals surface area contributed by atoms with Crippen molar-refractivity contribution in [2.45, 2.75) is 68.0 Å². The number of hydrogen-bond acceptors (Lipinski definition) is 9. The van der Waals surface area contributed by atoms with E-state index in [1.165, 1.54) is 0 Å². The van der Waals surface area contributed by atoms with Gasteiger partial charge in [-0.2, -0.15) is 0 Å². The number of Topliss-reactive ketones (excluding diaryl/α,β-unsaturated/α-hetero) is 1. The van der Waals surface area contributed by atoms with Crippen molar-refractivity contribution in [3.63, 3.8) is 0 Å². The molecule has 0 radical (unpaired) electrons. The number of ketones is 1. The van der Waals surface area contributed by atoms with Crippen LogP contribution >= 0.6 is 0 Å². The van der Waals surface area contributed by atoms with Crippen molar-refractivity contribution in [3.05, 3.63) is 0 Å². The molecule has 9 atom stereocenters. The summed E-state index contributed by atoms with van der Waals surface area (Å²) in [5.41, 5.74) is 0. The van der Waals surface area contributed by atoms with Gasteiger partial charge in [0.1, 0.15) is 18.3 Å². The van der Waals surface area contributed by atoms with Crippen LogP contribution in [0.3, 0.4) is 0 Å². The van der Waals surface area contributed by atoms with Crippen molar-refractivity contribution in [1.29, 1.82) is 0 Å². The second-order valence-electron chi connectivity index (χ2n) is 6.40. The summed E-state index contributed by atoms with van der Waals surface area (Å²) in [7, 11) is 3.24. The first-order chi connectivity index (χ1) is 10.8. The van der Waals surface area contributed by atoms with Crippen LogP contribution in [0.25, 0.3) is 0 Å². The number of aliphatic hydroxyl groups excluding tert-OH is 2. The lowest BCUT2D eigenvalue weighted by Crippen LogP contribution is -2.77. The smallest absolute Gasteiger partial charge is 0.280 e.